The lowest BCUT2D eigenvalue weighted by Crippen LogP contribution is -2.12. The molecule has 0 fully saturated rings. The summed E-state index contributed by atoms with van der Waals surface area (Å²) in [5, 5.41) is 11.9. The minimum Gasteiger partial charge on any atom is -0.306 e. The minimum atomic E-state index is -0.239. The summed E-state index contributed by atoms with van der Waals surface area (Å²) in [5.41, 5.74) is 2.58. The van der Waals surface area contributed by atoms with Crippen molar-refractivity contribution in [3.63, 3.8) is 0 Å². The van der Waals surface area contributed by atoms with Crippen LogP contribution in [0.25, 0.3) is 22.3 Å². The van der Waals surface area contributed by atoms with Gasteiger partial charge < -0.3 is 5.32 Å². The number of anilines is 1. The summed E-state index contributed by atoms with van der Waals surface area (Å²) in [6.07, 6.45) is 1.90. The molecular formula is C19H14ClN5OS. The van der Waals surface area contributed by atoms with E-state index in [1.54, 1.807) is 24.3 Å². The van der Waals surface area contributed by atoms with E-state index in [1.807, 2.05) is 36.6 Å². The topological polar surface area (TPSA) is 83.6 Å². The first-order valence-electron chi connectivity index (χ1n) is 8.08. The molecule has 2 aromatic heterocycles. The van der Waals surface area contributed by atoms with Crippen LogP contribution in [0.15, 0.2) is 59.8 Å². The number of halogens is 1. The van der Waals surface area contributed by atoms with E-state index in [0.29, 0.717) is 38.3 Å². The fraction of sp³-hybridized carbons (Fsp3) is 0.0526. The molecule has 0 unspecified atom stereocenters. The van der Waals surface area contributed by atoms with Crippen molar-refractivity contribution in [3.8, 4) is 11.3 Å². The number of carbonyl (C=O) groups excluding carboxylic acids is 1. The van der Waals surface area contributed by atoms with Crippen molar-refractivity contribution in [2.45, 2.75) is 5.16 Å². The molecule has 4 rings (SSSR count). The van der Waals surface area contributed by atoms with Crippen LogP contribution in [-0.4, -0.2) is 32.3 Å². The SMILES string of the molecule is CSc1nc(-c2ccc(Cl)cc2)c2c(NC(=O)c3ccccc3)[nH]nc2n1. The predicted octanol–water partition coefficient (Wildman–Crippen LogP) is 4.65. The summed E-state index contributed by atoms with van der Waals surface area (Å²) in [7, 11) is 0. The first kappa shape index (κ1) is 17.5. The zero-order valence-corrected chi connectivity index (χ0v) is 15.8. The molecule has 6 nitrogen and oxygen atoms in total. The van der Waals surface area contributed by atoms with Gasteiger partial charge in [-0.3, -0.25) is 9.89 Å². The lowest BCUT2D eigenvalue weighted by Gasteiger charge is -2.08. The number of thioether (sulfide) groups is 1. The van der Waals surface area contributed by atoms with E-state index < -0.39 is 0 Å². The van der Waals surface area contributed by atoms with Crippen LogP contribution in [0.1, 0.15) is 10.4 Å². The van der Waals surface area contributed by atoms with Gasteiger partial charge in [0.2, 0.25) is 0 Å². The molecule has 2 heterocycles. The molecule has 0 atom stereocenters. The minimum absolute atomic E-state index is 0.239. The van der Waals surface area contributed by atoms with Crippen LogP contribution in [0.3, 0.4) is 0 Å². The summed E-state index contributed by atoms with van der Waals surface area (Å²) in [4.78, 5) is 21.6. The van der Waals surface area contributed by atoms with Gasteiger partial charge in [-0.15, -0.1) is 0 Å². The van der Waals surface area contributed by atoms with Gasteiger partial charge in [-0.2, -0.15) is 5.10 Å². The van der Waals surface area contributed by atoms with Gasteiger partial charge in [0.05, 0.1) is 11.1 Å². The first-order valence-corrected chi connectivity index (χ1v) is 9.68. The molecule has 4 aromatic rings. The second kappa shape index (κ2) is 7.38. The van der Waals surface area contributed by atoms with E-state index in [2.05, 4.69) is 25.5 Å². The van der Waals surface area contributed by atoms with Crippen LogP contribution in [-0.2, 0) is 0 Å². The summed E-state index contributed by atoms with van der Waals surface area (Å²) in [6.45, 7) is 0. The van der Waals surface area contributed by atoms with Gasteiger partial charge in [0.1, 0.15) is 5.82 Å². The number of aromatic amines is 1. The molecule has 0 aliphatic rings. The number of hydrogen-bond acceptors (Lipinski definition) is 5. The second-order valence-corrected chi connectivity index (χ2v) is 6.89. The third-order valence-electron chi connectivity index (χ3n) is 3.97. The Bertz CT molecular complexity index is 1110. The van der Waals surface area contributed by atoms with E-state index >= 15 is 0 Å². The highest BCUT2D eigenvalue weighted by molar-refractivity contribution is 7.98. The van der Waals surface area contributed by atoms with Crippen LogP contribution in [0.2, 0.25) is 5.02 Å². The number of benzene rings is 2. The highest BCUT2D eigenvalue weighted by Gasteiger charge is 2.18. The maximum atomic E-state index is 12.6. The van der Waals surface area contributed by atoms with Crippen LogP contribution in [0.5, 0.6) is 0 Å². The Balaban J connectivity index is 1.83. The van der Waals surface area contributed by atoms with Gasteiger partial charge in [-0.05, 0) is 30.5 Å². The van der Waals surface area contributed by atoms with Crippen LogP contribution in [0.4, 0.5) is 5.82 Å². The van der Waals surface area contributed by atoms with E-state index in [0.717, 1.165) is 5.56 Å². The van der Waals surface area contributed by atoms with Crippen LogP contribution < -0.4 is 5.32 Å². The number of hydrogen-bond donors (Lipinski definition) is 2. The highest BCUT2D eigenvalue weighted by Crippen LogP contribution is 2.32. The molecule has 0 aliphatic carbocycles. The van der Waals surface area contributed by atoms with E-state index in [-0.39, 0.29) is 5.91 Å². The number of H-pyrrole nitrogens is 1. The molecule has 134 valence electrons. The van der Waals surface area contributed by atoms with Crippen molar-refractivity contribution >= 4 is 46.1 Å². The Labute approximate surface area is 164 Å². The van der Waals surface area contributed by atoms with E-state index in [1.165, 1.54) is 11.8 Å². The number of aromatic nitrogens is 4. The summed E-state index contributed by atoms with van der Waals surface area (Å²) in [5.74, 6) is 0.216. The Hall–Kier alpha value is -2.90. The van der Waals surface area contributed by atoms with Crippen molar-refractivity contribution in [1.29, 1.82) is 0 Å². The fourth-order valence-electron chi connectivity index (χ4n) is 2.68. The largest absolute Gasteiger partial charge is 0.306 e. The van der Waals surface area contributed by atoms with E-state index in [4.69, 9.17) is 11.6 Å². The Morgan fingerprint density at radius 2 is 1.81 bits per heavy atom. The monoisotopic (exact) mass is 395 g/mol. The van der Waals surface area contributed by atoms with Gasteiger partial charge in [0.15, 0.2) is 10.8 Å². The average molecular weight is 396 g/mol. The lowest BCUT2D eigenvalue weighted by molar-refractivity contribution is 0.102. The maximum Gasteiger partial charge on any atom is 0.256 e. The van der Waals surface area contributed by atoms with Crippen molar-refractivity contribution in [1.82, 2.24) is 20.2 Å². The average Bonchev–Trinajstić information content (AvgIpc) is 3.11. The Kier molecular flexibility index (Phi) is 4.79. The summed E-state index contributed by atoms with van der Waals surface area (Å²) >= 11 is 7.44. The number of rotatable bonds is 4. The Morgan fingerprint density at radius 1 is 1.07 bits per heavy atom. The van der Waals surface area contributed by atoms with Crippen molar-refractivity contribution in [3.05, 3.63) is 65.2 Å². The number of nitrogens with one attached hydrogen (secondary N) is 2. The van der Waals surface area contributed by atoms with Gasteiger partial charge in [-0.25, -0.2) is 9.97 Å². The molecule has 0 radical (unpaired) electrons. The maximum absolute atomic E-state index is 12.6. The predicted molar refractivity (Wildman–Crippen MR) is 108 cm³/mol. The second-order valence-electron chi connectivity index (χ2n) is 5.68. The van der Waals surface area contributed by atoms with Gasteiger partial charge in [-0.1, -0.05) is 53.7 Å². The summed E-state index contributed by atoms with van der Waals surface area (Å²) in [6, 6.07) is 16.3. The third-order valence-corrected chi connectivity index (χ3v) is 4.77. The number of carbonyl (C=O) groups is 1. The van der Waals surface area contributed by atoms with Crippen LogP contribution >= 0.6 is 23.4 Å². The number of fused-ring (bicyclic) bond motifs is 1. The Morgan fingerprint density at radius 3 is 2.52 bits per heavy atom. The molecule has 0 spiro atoms. The van der Waals surface area contributed by atoms with Crippen molar-refractivity contribution in [2.75, 3.05) is 11.6 Å². The molecule has 1 amide bonds. The third kappa shape index (κ3) is 3.51. The molecule has 0 aliphatic heterocycles. The normalized spacial score (nSPS) is 10.9. The molecule has 2 N–H and O–H groups in total. The van der Waals surface area contributed by atoms with E-state index in [9.17, 15) is 4.79 Å². The highest BCUT2D eigenvalue weighted by atomic mass is 35.5. The zero-order chi connectivity index (χ0) is 18.8. The molecule has 2 aromatic carbocycles. The van der Waals surface area contributed by atoms with Gasteiger partial charge in [0, 0.05) is 16.1 Å². The first-order chi connectivity index (χ1) is 13.2. The standard InChI is InChI=1S/C19H14ClN5OS/c1-27-19-21-15(11-7-9-13(20)10-8-11)14-16(24-25-17(14)23-19)22-18(26)12-5-3-2-4-6-12/h2-10H,1H3,(H2,21,22,23,24,25,26). The molecule has 0 bridgehead atoms. The fourth-order valence-corrected chi connectivity index (χ4v) is 3.16. The molecule has 27 heavy (non-hydrogen) atoms. The van der Waals surface area contributed by atoms with Crippen molar-refractivity contribution in [2.24, 2.45) is 0 Å². The van der Waals surface area contributed by atoms with Gasteiger partial charge >= 0.3 is 0 Å². The summed E-state index contributed by atoms with van der Waals surface area (Å²) < 4.78 is 0. The molecule has 8 heteroatoms. The smallest absolute Gasteiger partial charge is 0.256 e. The lowest BCUT2D eigenvalue weighted by atomic mass is 10.1. The number of nitrogens with zero attached hydrogens (tertiary/aromatic N) is 3. The zero-order valence-electron chi connectivity index (χ0n) is 14.2. The van der Waals surface area contributed by atoms with Crippen molar-refractivity contribution < 1.29 is 4.79 Å². The molecule has 0 saturated heterocycles. The van der Waals surface area contributed by atoms with Gasteiger partial charge in [0.25, 0.3) is 5.91 Å². The number of amides is 1. The molecular weight excluding hydrogens is 382 g/mol. The quantitative estimate of drug-likeness (QED) is 0.388. The molecule has 0 saturated carbocycles. The van der Waals surface area contributed by atoms with Crippen LogP contribution in [0, 0.1) is 0 Å².